The number of aliphatic hydroxyl groups excluding tert-OH is 1. The quantitative estimate of drug-likeness (QED) is 0.0960. The summed E-state index contributed by atoms with van der Waals surface area (Å²) in [7, 11) is 0. The number of rotatable bonds is 17. The molecule has 15 heteroatoms. The van der Waals surface area contributed by atoms with E-state index in [0.717, 1.165) is 0 Å². The lowest BCUT2D eigenvalue weighted by molar-refractivity contribution is -0.143. The van der Waals surface area contributed by atoms with Crippen molar-refractivity contribution in [3.63, 3.8) is 0 Å². The molecule has 0 aliphatic rings. The van der Waals surface area contributed by atoms with Crippen molar-refractivity contribution in [3.8, 4) is 0 Å². The lowest BCUT2D eigenvalue weighted by atomic mass is 10.1. The first kappa shape index (κ1) is 30.5. The summed E-state index contributed by atoms with van der Waals surface area (Å²) in [6.07, 6.45) is 1.71. The van der Waals surface area contributed by atoms with Crippen molar-refractivity contribution in [2.75, 3.05) is 6.54 Å². The number of hydrogen-bond donors (Lipinski definition) is 9. The van der Waals surface area contributed by atoms with E-state index in [1.54, 1.807) is 0 Å². The molecule has 0 saturated heterocycles. The summed E-state index contributed by atoms with van der Waals surface area (Å²) in [5.41, 5.74) is 11.5. The number of carboxylic acids is 2. The lowest BCUT2D eigenvalue weighted by Gasteiger charge is -2.25. The van der Waals surface area contributed by atoms with E-state index < -0.39 is 66.4 Å². The second-order valence-electron chi connectivity index (χ2n) is 8.29. The summed E-state index contributed by atoms with van der Waals surface area (Å²) in [5, 5.41) is 35.2. The van der Waals surface area contributed by atoms with Crippen molar-refractivity contribution in [2.45, 2.75) is 75.7 Å². The van der Waals surface area contributed by atoms with Crippen LogP contribution in [0.3, 0.4) is 0 Å². The maximum atomic E-state index is 13.1. The van der Waals surface area contributed by atoms with Crippen molar-refractivity contribution in [2.24, 2.45) is 11.5 Å². The molecule has 11 N–H and O–H groups in total. The van der Waals surface area contributed by atoms with Gasteiger partial charge in [0.2, 0.25) is 17.7 Å². The van der Waals surface area contributed by atoms with Crippen LogP contribution in [0.4, 0.5) is 0 Å². The SMILES string of the molecule is CC(O)C(N)C(=O)NC(Cc1cnc[nH]1)C(=O)NC(CCC(=O)O)C(=O)NC(CCCCN)C(=O)O. The third-order valence-corrected chi connectivity index (χ3v) is 5.28. The second kappa shape index (κ2) is 15.4. The van der Waals surface area contributed by atoms with E-state index in [1.807, 2.05) is 0 Å². The molecule has 3 amide bonds. The molecular formula is C21H35N7O8. The minimum absolute atomic E-state index is 0.0891. The Morgan fingerprint density at radius 3 is 2.11 bits per heavy atom. The van der Waals surface area contributed by atoms with Gasteiger partial charge in [0.15, 0.2) is 0 Å². The zero-order valence-corrected chi connectivity index (χ0v) is 20.0. The number of aliphatic hydroxyl groups is 1. The third-order valence-electron chi connectivity index (χ3n) is 5.28. The number of aliphatic carboxylic acids is 2. The van der Waals surface area contributed by atoms with E-state index in [4.69, 9.17) is 16.6 Å². The van der Waals surface area contributed by atoms with Crippen LogP contribution in [0, 0.1) is 0 Å². The van der Waals surface area contributed by atoms with Gasteiger partial charge in [-0.3, -0.25) is 19.2 Å². The van der Waals surface area contributed by atoms with Gasteiger partial charge in [-0.15, -0.1) is 0 Å². The first-order valence-electron chi connectivity index (χ1n) is 11.4. The molecule has 36 heavy (non-hydrogen) atoms. The van der Waals surface area contributed by atoms with Crippen molar-refractivity contribution < 1.29 is 39.3 Å². The Morgan fingerprint density at radius 2 is 1.58 bits per heavy atom. The molecule has 0 fully saturated rings. The molecule has 15 nitrogen and oxygen atoms in total. The smallest absolute Gasteiger partial charge is 0.326 e. The van der Waals surface area contributed by atoms with Crippen LogP contribution >= 0.6 is 0 Å². The average Bonchev–Trinajstić information content (AvgIpc) is 3.32. The fourth-order valence-corrected chi connectivity index (χ4v) is 3.14. The van der Waals surface area contributed by atoms with Crippen molar-refractivity contribution >= 4 is 29.7 Å². The molecule has 0 aliphatic carbocycles. The number of carbonyl (C=O) groups is 5. The molecule has 1 aromatic rings. The van der Waals surface area contributed by atoms with Gasteiger partial charge in [-0.25, -0.2) is 9.78 Å². The van der Waals surface area contributed by atoms with E-state index in [-0.39, 0.29) is 19.3 Å². The molecule has 1 aromatic heterocycles. The number of nitrogens with zero attached hydrogens (tertiary/aromatic N) is 1. The highest BCUT2D eigenvalue weighted by Gasteiger charge is 2.31. The van der Waals surface area contributed by atoms with Gasteiger partial charge in [-0.2, -0.15) is 0 Å². The van der Waals surface area contributed by atoms with E-state index in [2.05, 4.69) is 25.9 Å². The van der Waals surface area contributed by atoms with Gasteiger partial charge in [0.25, 0.3) is 0 Å². The molecule has 202 valence electrons. The van der Waals surface area contributed by atoms with Crippen LogP contribution in [0.15, 0.2) is 12.5 Å². The van der Waals surface area contributed by atoms with Gasteiger partial charge < -0.3 is 47.7 Å². The van der Waals surface area contributed by atoms with Crippen molar-refractivity contribution in [1.82, 2.24) is 25.9 Å². The summed E-state index contributed by atoms with van der Waals surface area (Å²) >= 11 is 0. The normalized spacial score (nSPS) is 15.1. The minimum atomic E-state index is -1.41. The summed E-state index contributed by atoms with van der Waals surface area (Å²) in [4.78, 5) is 67.5. The number of imidazole rings is 1. The van der Waals surface area contributed by atoms with Crippen LogP contribution in [-0.4, -0.2) is 91.8 Å². The van der Waals surface area contributed by atoms with Crippen LogP contribution < -0.4 is 27.4 Å². The van der Waals surface area contributed by atoms with Gasteiger partial charge in [0.1, 0.15) is 24.2 Å². The Kier molecular flexibility index (Phi) is 13.1. The van der Waals surface area contributed by atoms with Crippen LogP contribution in [0.25, 0.3) is 0 Å². The fourth-order valence-electron chi connectivity index (χ4n) is 3.14. The summed E-state index contributed by atoms with van der Waals surface area (Å²) in [6.45, 7) is 1.65. The van der Waals surface area contributed by atoms with E-state index in [1.165, 1.54) is 19.4 Å². The Labute approximate surface area is 207 Å². The van der Waals surface area contributed by atoms with Gasteiger partial charge in [-0.1, -0.05) is 0 Å². The number of unbranched alkanes of at least 4 members (excludes halogenated alkanes) is 1. The number of amides is 3. The summed E-state index contributed by atoms with van der Waals surface area (Å²) < 4.78 is 0. The Morgan fingerprint density at radius 1 is 0.972 bits per heavy atom. The first-order chi connectivity index (χ1) is 17.0. The Hall–Kier alpha value is -3.56. The largest absolute Gasteiger partial charge is 0.481 e. The number of hydrogen-bond acceptors (Lipinski definition) is 9. The molecule has 0 saturated carbocycles. The summed E-state index contributed by atoms with van der Waals surface area (Å²) in [6, 6.07) is -5.28. The number of carboxylic acid groups (broad SMARTS) is 2. The first-order valence-corrected chi connectivity index (χ1v) is 11.4. The monoisotopic (exact) mass is 513 g/mol. The Bertz CT molecular complexity index is 878. The van der Waals surface area contributed by atoms with Crippen molar-refractivity contribution in [1.29, 1.82) is 0 Å². The molecule has 1 rings (SSSR count). The topological polar surface area (TPSA) is 263 Å². The van der Waals surface area contributed by atoms with Crippen LogP contribution in [-0.2, 0) is 30.4 Å². The minimum Gasteiger partial charge on any atom is -0.481 e. The van der Waals surface area contributed by atoms with Crippen LogP contribution in [0.1, 0.15) is 44.7 Å². The molecule has 0 aromatic carbocycles. The lowest BCUT2D eigenvalue weighted by Crippen LogP contribution is -2.58. The highest BCUT2D eigenvalue weighted by Crippen LogP contribution is 2.06. The van der Waals surface area contributed by atoms with Crippen molar-refractivity contribution in [3.05, 3.63) is 18.2 Å². The highest BCUT2D eigenvalue weighted by molar-refractivity contribution is 5.94. The molecule has 5 atom stereocenters. The predicted molar refractivity (Wildman–Crippen MR) is 125 cm³/mol. The number of H-pyrrole nitrogens is 1. The molecule has 0 radical (unpaired) electrons. The predicted octanol–water partition coefficient (Wildman–Crippen LogP) is -2.81. The number of aromatic amines is 1. The van der Waals surface area contributed by atoms with Crippen LogP contribution in [0.2, 0.25) is 0 Å². The zero-order valence-electron chi connectivity index (χ0n) is 20.0. The molecule has 0 bridgehead atoms. The molecule has 5 unspecified atom stereocenters. The number of nitrogens with two attached hydrogens (primary N) is 2. The standard InChI is InChI=1S/C21H35N7O8/c1-11(29)17(23)20(34)28-15(8-12-9-24-10-25-12)19(33)26-13(5-6-16(30)31)18(32)27-14(21(35)36)4-2-3-7-22/h9-11,13-15,17,29H,2-8,22-23H2,1H3,(H,24,25)(H,26,33)(H,27,32)(H,28,34)(H,30,31)(H,35,36). The molecule has 0 aliphatic heterocycles. The molecular weight excluding hydrogens is 478 g/mol. The Balaban J connectivity index is 3.05. The number of carbonyl (C=O) groups excluding carboxylic acids is 3. The molecule has 1 heterocycles. The second-order valence-corrected chi connectivity index (χ2v) is 8.29. The number of aromatic nitrogens is 2. The van der Waals surface area contributed by atoms with Gasteiger partial charge in [0, 0.05) is 24.7 Å². The van der Waals surface area contributed by atoms with E-state index in [9.17, 15) is 34.2 Å². The maximum Gasteiger partial charge on any atom is 0.326 e. The van der Waals surface area contributed by atoms with Gasteiger partial charge in [-0.05, 0) is 39.2 Å². The summed E-state index contributed by atoms with van der Waals surface area (Å²) in [5.74, 6) is -5.10. The zero-order chi connectivity index (χ0) is 27.3. The average molecular weight is 514 g/mol. The van der Waals surface area contributed by atoms with Gasteiger partial charge >= 0.3 is 11.9 Å². The number of nitrogens with one attached hydrogen (secondary N) is 4. The third kappa shape index (κ3) is 10.8. The maximum absolute atomic E-state index is 13.1. The van der Waals surface area contributed by atoms with Gasteiger partial charge in [0.05, 0.1) is 12.4 Å². The highest BCUT2D eigenvalue weighted by atomic mass is 16.4. The van der Waals surface area contributed by atoms with E-state index in [0.29, 0.717) is 25.1 Å². The fraction of sp³-hybridized carbons (Fsp3) is 0.619. The van der Waals surface area contributed by atoms with E-state index >= 15 is 0 Å². The molecule has 0 spiro atoms. The van der Waals surface area contributed by atoms with Crippen LogP contribution in [0.5, 0.6) is 0 Å².